The van der Waals surface area contributed by atoms with Gasteiger partial charge in [0.05, 0.1) is 0 Å². The third-order valence-electron chi connectivity index (χ3n) is 4.91. The molecule has 2 saturated carbocycles. The SMILES string of the molecule is C1=CC2CCCC2C=C1.C1=CC2CCCC2C=C1.CCC.CCC.CCC. The topological polar surface area (TPSA) is 0 Å². The summed E-state index contributed by atoms with van der Waals surface area (Å²) in [5.74, 6) is 3.59. The Balaban J connectivity index is 0.000000354. The maximum atomic E-state index is 2.36. The van der Waals surface area contributed by atoms with Crippen LogP contribution in [0.2, 0.25) is 0 Å². The number of allylic oxidation sites excluding steroid dienone is 8. The van der Waals surface area contributed by atoms with Gasteiger partial charge in [-0.25, -0.2) is 0 Å². The Hall–Kier alpha value is -1.04. The fraction of sp³-hybridized carbons (Fsp3) is 0.704. The van der Waals surface area contributed by atoms with Crippen molar-refractivity contribution in [1.82, 2.24) is 0 Å². The van der Waals surface area contributed by atoms with Crippen LogP contribution in [0.3, 0.4) is 0 Å². The van der Waals surface area contributed by atoms with Crippen LogP contribution in [-0.2, 0) is 0 Å². The standard InChI is InChI=1S/2C9H12.3C3H8/c2*1-2-5-9-7-3-6-8(9)4-1;3*1-3-2/h2*1-2,4-5,8-9H,3,6-7H2;3*3H2,1-2H3. The summed E-state index contributed by atoms with van der Waals surface area (Å²) >= 11 is 0. The molecule has 0 heterocycles. The van der Waals surface area contributed by atoms with Crippen molar-refractivity contribution in [3.8, 4) is 0 Å². The monoisotopic (exact) mass is 372 g/mol. The van der Waals surface area contributed by atoms with E-state index >= 15 is 0 Å². The van der Waals surface area contributed by atoms with E-state index in [2.05, 4.69) is 90.2 Å². The van der Waals surface area contributed by atoms with Crippen molar-refractivity contribution in [1.29, 1.82) is 0 Å². The van der Waals surface area contributed by atoms with Crippen molar-refractivity contribution in [3.05, 3.63) is 48.6 Å². The number of fused-ring (bicyclic) bond motifs is 2. The summed E-state index contributed by atoms with van der Waals surface area (Å²) in [4.78, 5) is 0. The molecule has 0 aromatic carbocycles. The smallest absolute Gasteiger partial charge is 0.0167 e. The van der Waals surface area contributed by atoms with E-state index in [0.29, 0.717) is 0 Å². The molecule has 0 saturated heterocycles. The van der Waals surface area contributed by atoms with Gasteiger partial charge in [0, 0.05) is 0 Å². The van der Waals surface area contributed by atoms with Gasteiger partial charge in [-0.3, -0.25) is 0 Å². The summed E-state index contributed by atoms with van der Waals surface area (Å²) < 4.78 is 0. The molecule has 0 radical (unpaired) electrons. The molecule has 2 fully saturated rings. The minimum atomic E-state index is 0.898. The predicted octanol–water partition coefficient (Wildman–Crippen LogP) is 9.31. The lowest BCUT2D eigenvalue weighted by Crippen LogP contribution is -2.03. The van der Waals surface area contributed by atoms with Crippen LogP contribution in [-0.4, -0.2) is 0 Å². The normalized spacial score (nSPS) is 28.1. The average molecular weight is 373 g/mol. The van der Waals surface area contributed by atoms with E-state index in [4.69, 9.17) is 0 Å². The molecule has 27 heavy (non-hydrogen) atoms. The molecule has 0 bridgehead atoms. The van der Waals surface area contributed by atoms with Crippen molar-refractivity contribution in [2.24, 2.45) is 23.7 Å². The molecule has 4 rings (SSSR count). The number of hydrogen-bond acceptors (Lipinski definition) is 0. The molecule has 0 amide bonds. The molecule has 0 spiro atoms. The van der Waals surface area contributed by atoms with Crippen molar-refractivity contribution in [3.63, 3.8) is 0 Å². The second kappa shape index (κ2) is 18.3. The second-order valence-electron chi connectivity index (χ2n) is 8.18. The maximum absolute atomic E-state index is 2.36. The van der Waals surface area contributed by atoms with Gasteiger partial charge in [-0.15, -0.1) is 0 Å². The Morgan fingerprint density at radius 1 is 0.444 bits per heavy atom. The van der Waals surface area contributed by atoms with E-state index in [-0.39, 0.29) is 0 Å². The summed E-state index contributed by atoms with van der Waals surface area (Å²) in [7, 11) is 0. The van der Waals surface area contributed by atoms with E-state index < -0.39 is 0 Å². The quantitative estimate of drug-likeness (QED) is 0.397. The highest BCUT2D eigenvalue weighted by Crippen LogP contribution is 2.36. The van der Waals surface area contributed by atoms with Gasteiger partial charge in [-0.05, 0) is 49.4 Å². The maximum Gasteiger partial charge on any atom is -0.0167 e. The molecule has 0 N–H and O–H groups in total. The van der Waals surface area contributed by atoms with Crippen LogP contribution >= 0.6 is 0 Å². The van der Waals surface area contributed by atoms with Gasteiger partial charge in [0.25, 0.3) is 0 Å². The number of hydrogen-bond donors (Lipinski definition) is 0. The first-order valence-corrected chi connectivity index (χ1v) is 11.9. The zero-order valence-electron chi connectivity index (χ0n) is 19.3. The highest BCUT2D eigenvalue weighted by Gasteiger charge is 2.24. The molecule has 0 heteroatoms. The summed E-state index contributed by atoms with van der Waals surface area (Å²) in [5.41, 5.74) is 0. The molecular formula is C27H48. The zero-order chi connectivity index (χ0) is 20.3. The van der Waals surface area contributed by atoms with Gasteiger partial charge < -0.3 is 0 Å². The fourth-order valence-corrected chi connectivity index (χ4v) is 3.82. The van der Waals surface area contributed by atoms with Crippen LogP contribution in [0.25, 0.3) is 0 Å². The minimum absolute atomic E-state index is 0.898. The van der Waals surface area contributed by atoms with Crippen LogP contribution in [0.1, 0.15) is 99.3 Å². The first-order chi connectivity index (χ1) is 13.2. The lowest BCUT2D eigenvalue weighted by Gasteiger charge is -2.13. The predicted molar refractivity (Wildman–Crippen MR) is 126 cm³/mol. The molecule has 0 aromatic rings. The van der Waals surface area contributed by atoms with Crippen LogP contribution < -0.4 is 0 Å². The summed E-state index contributed by atoms with van der Waals surface area (Å²) in [6.07, 6.45) is 30.5. The first-order valence-electron chi connectivity index (χ1n) is 11.9. The van der Waals surface area contributed by atoms with Crippen LogP contribution in [0.15, 0.2) is 48.6 Å². The zero-order valence-corrected chi connectivity index (χ0v) is 19.3. The Morgan fingerprint density at radius 2 is 0.630 bits per heavy atom. The third kappa shape index (κ3) is 12.1. The molecular weight excluding hydrogens is 324 g/mol. The van der Waals surface area contributed by atoms with Crippen LogP contribution in [0.4, 0.5) is 0 Å². The van der Waals surface area contributed by atoms with Crippen molar-refractivity contribution in [2.45, 2.75) is 99.3 Å². The van der Waals surface area contributed by atoms with Crippen molar-refractivity contribution in [2.75, 3.05) is 0 Å². The molecule has 4 atom stereocenters. The highest BCUT2D eigenvalue weighted by atomic mass is 14.3. The summed E-state index contributed by atoms with van der Waals surface area (Å²) in [6, 6.07) is 0. The average Bonchev–Trinajstić information content (AvgIpc) is 3.33. The van der Waals surface area contributed by atoms with E-state index in [9.17, 15) is 0 Å². The van der Waals surface area contributed by atoms with E-state index in [1.54, 1.807) is 0 Å². The van der Waals surface area contributed by atoms with Gasteiger partial charge in [0.2, 0.25) is 0 Å². The summed E-state index contributed by atoms with van der Waals surface area (Å²) in [5, 5.41) is 0. The largest absolute Gasteiger partial charge is 0.0808 e. The van der Waals surface area contributed by atoms with Gasteiger partial charge in [-0.2, -0.15) is 0 Å². The third-order valence-corrected chi connectivity index (χ3v) is 4.91. The Morgan fingerprint density at radius 3 is 0.815 bits per heavy atom. The van der Waals surface area contributed by atoms with Gasteiger partial charge in [0.15, 0.2) is 0 Å². The van der Waals surface area contributed by atoms with Crippen molar-refractivity contribution >= 4 is 0 Å². The molecule has 0 nitrogen and oxygen atoms in total. The molecule has 4 aliphatic rings. The Labute approximate surface area is 171 Å². The lowest BCUT2D eigenvalue weighted by atomic mass is 9.92. The molecule has 4 aliphatic carbocycles. The molecule has 4 unspecified atom stereocenters. The fourth-order valence-electron chi connectivity index (χ4n) is 3.82. The summed E-state index contributed by atoms with van der Waals surface area (Å²) in [6.45, 7) is 12.8. The molecule has 156 valence electrons. The van der Waals surface area contributed by atoms with E-state index in [1.807, 2.05) is 0 Å². The number of rotatable bonds is 0. The Bertz CT molecular complexity index is 345. The highest BCUT2D eigenvalue weighted by molar-refractivity contribution is 5.16. The van der Waals surface area contributed by atoms with Gasteiger partial charge >= 0.3 is 0 Å². The van der Waals surface area contributed by atoms with Crippen LogP contribution in [0, 0.1) is 23.7 Å². The van der Waals surface area contributed by atoms with E-state index in [0.717, 1.165) is 23.7 Å². The molecule has 0 aromatic heterocycles. The van der Waals surface area contributed by atoms with Gasteiger partial charge in [0.1, 0.15) is 0 Å². The van der Waals surface area contributed by atoms with Crippen molar-refractivity contribution < 1.29 is 0 Å². The van der Waals surface area contributed by atoms with Crippen LogP contribution in [0.5, 0.6) is 0 Å². The first kappa shape index (κ1) is 26.0. The lowest BCUT2D eigenvalue weighted by molar-refractivity contribution is 0.552. The Kier molecular flexibility index (Phi) is 17.6. The minimum Gasteiger partial charge on any atom is -0.0808 e. The second-order valence-corrected chi connectivity index (χ2v) is 8.18. The van der Waals surface area contributed by atoms with E-state index in [1.165, 1.54) is 57.8 Å². The van der Waals surface area contributed by atoms with Gasteiger partial charge in [-0.1, -0.05) is 122 Å². The molecule has 0 aliphatic heterocycles.